The van der Waals surface area contributed by atoms with Crippen molar-refractivity contribution >= 4 is 33.0 Å². The number of rotatable bonds is 5. The summed E-state index contributed by atoms with van der Waals surface area (Å²) in [6, 6.07) is 14.4. The van der Waals surface area contributed by atoms with Gasteiger partial charge in [-0.3, -0.25) is 0 Å². The molecule has 0 fully saturated rings. The number of aryl methyl sites for hydroxylation is 1. The Kier molecular flexibility index (Phi) is 4.86. The highest BCUT2D eigenvalue weighted by molar-refractivity contribution is 9.10. The van der Waals surface area contributed by atoms with E-state index < -0.39 is 0 Å². The highest BCUT2D eigenvalue weighted by Crippen LogP contribution is 2.26. The predicted octanol–water partition coefficient (Wildman–Crippen LogP) is 5.12. The molecule has 2 rings (SSSR count). The van der Waals surface area contributed by atoms with Crippen molar-refractivity contribution in [2.75, 3.05) is 11.1 Å². The summed E-state index contributed by atoms with van der Waals surface area (Å²) in [5, 5.41) is 3.34. The molecule has 0 saturated heterocycles. The molecule has 0 unspecified atom stereocenters. The molecule has 0 bridgehead atoms. The lowest BCUT2D eigenvalue weighted by Crippen LogP contribution is -1.96. The third kappa shape index (κ3) is 4.00. The smallest absolute Gasteiger partial charge is 0.0629 e. The zero-order valence-corrected chi connectivity index (χ0v) is 12.7. The molecule has 2 aromatic rings. The van der Waals surface area contributed by atoms with E-state index in [0.29, 0.717) is 0 Å². The number of hydrogen-bond acceptors (Lipinski definition) is 2. The van der Waals surface area contributed by atoms with Crippen LogP contribution in [0.1, 0.15) is 25.3 Å². The van der Waals surface area contributed by atoms with Crippen molar-refractivity contribution in [3.05, 3.63) is 52.5 Å². The van der Waals surface area contributed by atoms with Crippen molar-refractivity contribution in [3.8, 4) is 0 Å². The maximum absolute atomic E-state index is 5.95. The Bertz CT molecular complexity index is 535. The summed E-state index contributed by atoms with van der Waals surface area (Å²) in [7, 11) is 0. The van der Waals surface area contributed by atoms with Gasteiger partial charge in [0.1, 0.15) is 0 Å². The van der Waals surface area contributed by atoms with E-state index in [1.165, 1.54) is 18.4 Å². The Labute approximate surface area is 123 Å². The number of hydrogen-bond donors (Lipinski definition) is 2. The van der Waals surface area contributed by atoms with Crippen LogP contribution in [0.5, 0.6) is 0 Å². The van der Waals surface area contributed by atoms with Gasteiger partial charge in [0.2, 0.25) is 0 Å². The molecule has 100 valence electrons. The van der Waals surface area contributed by atoms with Crippen molar-refractivity contribution in [1.29, 1.82) is 0 Å². The molecule has 0 heterocycles. The SMILES string of the molecule is CCCCc1ccc(Nc2cc(Br)ccc2N)cc1. The first kappa shape index (κ1) is 13.9. The van der Waals surface area contributed by atoms with E-state index in [1.54, 1.807) is 0 Å². The van der Waals surface area contributed by atoms with E-state index >= 15 is 0 Å². The van der Waals surface area contributed by atoms with Crippen LogP contribution in [0.2, 0.25) is 0 Å². The van der Waals surface area contributed by atoms with E-state index in [9.17, 15) is 0 Å². The standard InChI is InChI=1S/C16H19BrN2/c1-2-3-4-12-5-8-14(9-6-12)19-16-11-13(17)7-10-15(16)18/h5-11,19H,2-4,18H2,1H3. The van der Waals surface area contributed by atoms with Crippen LogP contribution >= 0.6 is 15.9 Å². The maximum Gasteiger partial charge on any atom is 0.0629 e. The predicted molar refractivity (Wildman–Crippen MR) is 86.9 cm³/mol. The zero-order chi connectivity index (χ0) is 13.7. The number of unbranched alkanes of at least 4 members (excludes halogenated alkanes) is 1. The molecule has 0 aliphatic carbocycles. The molecule has 0 saturated carbocycles. The second-order valence-electron chi connectivity index (χ2n) is 4.66. The molecular weight excluding hydrogens is 300 g/mol. The summed E-state index contributed by atoms with van der Waals surface area (Å²) >= 11 is 3.45. The number of benzene rings is 2. The number of nitrogens with one attached hydrogen (secondary N) is 1. The van der Waals surface area contributed by atoms with Gasteiger partial charge in [-0.05, 0) is 48.7 Å². The second kappa shape index (κ2) is 6.62. The van der Waals surface area contributed by atoms with Crippen LogP contribution in [-0.4, -0.2) is 0 Å². The average molecular weight is 319 g/mol. The van der Waals surface area contributed by atoms with Crippen LogP contribution in [-0.2, 0) is 6.42 Å². The Balaban J connectivity index is 2.08. The topological polar surface area (TPSA) is 38.0 Å². The van der Waals surface area contributed by atoms with Crippen LogP contribution in [0.25, 0.3) is 0 Å². The van der Waals surface area contributed by atoms with Crippen LogP contribution in [0.15, 0.2) is 46.9 Å². The summed E-state index contributed by atoms with van der Waals surface area (Å²) in [6.07, 6.45) is 3.62. The minimum absolute atomic E-state index is 0.748. The molecule has 0 atom stereocenters. The molecule has 3 N–H and O–H groups in total. The van der Waals surface area contributed by atoms with Gasteiger partial charge in [0.25, 0.3) is 0 Å². The molecule has 0 radical (unpaired) electrons. The fourth-order valence-corrected chi connectivity index (χ4v) is 2.29. The summed E-state index contributed by atoms with van der Waals surface area (Å²) < 4.78 is 1.02. The summed E-state index contributed by atoms with van der Waals surface area (Å²) in [4.78, 5) is 0. The Morgan fingerprint density at radius 3 is 2.53 bits per heavy atom. The van der Waals surface area contributed by atoms with E-state index in [2.05, 4.69) is 52.4 Å². The first-order valence-electron chi connectivity index (χ1n) is 6.60. The van der Waals surface area contributed by atoms with Crippen molar-refractivity contribution in [2.24, 2.45) is 0 Å². The lowest BCUT2D eigenvalue weighted by atomic mass is 10.1. The molecule has 0 aliphatic rings. The normalized spacial score (nSPS) is 10.4. The van der Waals surface area contributed by atoms with E-state index in [-0.39, 0.29) is 0 Å². The summed E-state index contributed by atoms with van der Waals surface area (Å²) in [5.41, 5.74) is 10.1. The molecule has 2 aromatic carbocycles. The molecule has 0 amide bonds. The van der Waals surface area contributed by atoms with Crippen molar-refractivity contribution in [1.82, 2.24) is 0 Å². The van der Waals surface area contributed by atoms with Crippen LogP contribution < -0.4 is 11.1 Å². The highest BCUT2D eigenvalue weighted by atomic mass is 79.9. The van der Waals surface area contributed by atoms with Gasteiger partial charge in [0.05, 0.1) is 11.4 Å². The van der Waals surface area contributed by atoms with Gasteiger partial charge in [0, 0.05) is 10.2 Å². The average Bonchev–Trinajstić information content (AvgIpc) is 2.42. The molecule has 0 aliphatic heterocycles. The lowest BCUT2D eigenvalue weighted by Gasteiger charge is -2.10. The number of anilines is 3. The minimum atomic E-state index is 0.748. The monoisotopic (exact) mass is 318 g/mol. The van der Waals surface area contributed by atoms with Crippen LogP contribution in [0, 0.1) is 0 Å². The third-order valence-corrected chi connectivity index (χ3v) is 3.56. The van der Waals surface area contributed by atoms with Crippen molar-refractivity contribution in [2.45, 2.75) is 26.2 Å². The van der Waals surface area contributed by atoms with Gasteiger partial charge in [-0.2, -0.15) is 0 Å². The molecule has 0 aromatic heterocycles. The molecule has 0 spiro atoms. The lowest BCUT2D eigenvalue weighted by molar-refractivity contribution is 0.795. The quantitative estimate of drug-likeness (QED) is 0.751. The first-order chi connectivity index (χ1) is 9.19. The maximum atomic E-state index is 5.95. The van der Waals surface area contributed by atoms with Gasteiger partial charge < -0.3 is 11.1 Å². The van der Waals surface area contributed by atoms with Crippen molar-refractivity contribution in [3.63, 3.8) is 0 Å². The van der Waals surface area contributed by atoms with Crippen molar-refractivity contribution < 1.29 is 0 Å². The third-order valence-electron chi connectivity index (χ3n) is 3.07. The highest BCUT2D eigenvalue weighted by Gasteiger charge is 2.01. The number of nitrogens with two attached hydrogens (primary N) is 1. The Morgan fingerprint density at radius 1 is 1.11 bits per heavy atom. The van der Waals surface area contributed by atoms with Gasteiger partial charge in [0.15, 0.2) is 0 Å². The Hall–Kier alpha value is -1.48. The summed E-state index contributed by atoms with van der Waals surface area (Å²) in [5.74, 6) is 0. The molecule has 3 heteroatoms. The molecule has 2 nitrogen and oxygen atoms in total. The number of nitrogen functional groups attached to an aromatic ring is 1. The fourth-order valence-electron chi connectivity index (χ4n) is 1.93. The van der Waals surface area contributed by atoms with Gasteiger partial charge >= 0.3 is 0 Å². The second-order valence-corrected chi connectivity index (χ2v) is 5.57. The minimum Gasteiger partial charge on any atom is -0.397 e. The number of halogens is 1. The zero-order valence-electron chi connectivity index (χ0n) is 11.1. The van der Waals surface area contributed by atoms with E-state index in [4.69, 9.17) is 5.73 Å². The van der Waals surface area contributed by atoms with Gasteiger partial charge in [-0.1, -0.05) is 41.4 Å². The molecule has 19 heavy (non-hydrogen) atoms. The summed E-state index contributed by atoms with van der Waals surface area (Å²) in [6.45, 7) is 2.21. The van der Waals surface area contributed by atoms with E-state index in [0.717, 1.165) is 28.0 Å². The van der Waals surface area contributed by atoms with E-state index in [1.807, 2.05) is 18.2 Å². The first-order valence-corrected chi connectivity index (χ1v) is 7.39. The Morgan fingerprint density at radius 2 is 1.84 bits per heavy atom. The van der Waals surface area contributed by atoms with Crippen LogP contribution in [0.4, 0.5) is 17.1 Å². The van der Waals surface area contributed by atoms with Crippen LogP contribution in [0.3, 0.4) is 0 Å². The largest absolute Gasteiger partial charge is 0.397 e. The fraction of sp³-hybridized carbons (Fsp3) is 0.250. The molecular formula is C16H19BrN2. The van der Waals surface area contributed by atoms with Gasteiger partial charge in [-0.15, -0.1) is 0 Å². The van der Waals surface area contributed by atoms with Gasteiger partial charge in [-0.25, -0.2) is 0 Å².